The zero-order chi connectivity index (χ0) is 22.0. The predicted octanol–water partition coefficient (Wildman–Crippen LogP) is 3.49. The molecule has 0 radical (unpaired) electrons. The minimum Gasteiger partial charge on any atom is -0.383 e. The Balaban J connectivity index is 1.59. The van der Waals surface area contributed by atoms with Gasteiger partial charge in [0, 0.05) is 58.0 Å². The van der Waals surface area contributed by atoms with Crippen LogP contribution in [-0.4, -0.2) is 65.2 Å². The lowest BCUT2D eigenvalue weighted by Crippen LogP contribution is -2.40. The Bertz CT molecular complexity index is 891. The first-order valence-electron chi connectivity index (χ1n) is 11.6. The molecule has 0 aliphatic carbocycles. The molecule has 2 atom stereocenters. The number of aromatic nitrogens is 2. The second-order valence-corrected chi connectivity index (χ2v) is 9.42. The van der Waals surface area contributed by atoms with E-state index < -0.39 is 0 Å². The molecule has 6 nitrogen and oxygen atoms in total. The summed E-state index contributed by atoms with van der Waals surface area (Å²) < 4.78 is 7.39. The fourth-order valence-corrected chi connectivity index (χ4v) is 5.20. The first-order chi connectivity index (χ1) is 15.0. The van der Waals surface area contributed by atoms with Gasteiger partial charge in [-0.05, 0) is 37.8 Å². The second-order valence-electron chi connectivity index (χ2n) is 9.42. The largest absolute Gasteiger partial charge is 0.383 e. The molecule has 6 heteroatoms. The van der Waals surface area contributed by atoms with Gasteiger partial charge in [-0.3, -0.25) is 9.69 Å². The van der Waals surface area contributed by atoms with E-state index in [1.807, 2.05) is 11.2 Å². The molecular weight excluding hydrogens is 388 g/mol. The van der Waals surface area contributed by atoms with Gasteiger partial charge < -0.3 is 14.2 Å². The lowest BCUT2D eigenvalue weighted by atomic mass is 9.75. The van der Waals surface area contributed by atoms with E-state index in [-0.39, 0.29) is 17.2 Å². The number of nitrogens with zero attached hydrogens (tertiary/aromatic N) is 4. The number of carbonyl (C=O) groups is 1. The van der Waals surface area contributed by atoms with Gasteiger partial charge in [0.25, 0.3) is 0 Å². The summed E-state index contributed by atoms with van der Waals surface area (Å²) in [7, 11) is 1.69. The third kappa shape index (κ3) is 4.28. The highest BCUT2D eigenvalue weighted by molar-refractivity contribution is 5.86. The Morgan fingerprint density at radius 3 is 2.61 bits per heavy atom. The van der Waals surface area contributed by atoms with Gasteiger partial charge >= 0.3 is 0 Å². The van der Waals surface area contributed by atoms with Crippen LogP contribution in [0, 0.1) is 5.41 Å². The van der Waals surface area contributed by atoms with Crippen LogP contribution in [0.3, 0.4) is 0 Å². The van der Waals surface area contributed by atoms with Gasteiger partial charge in [-0.1, -0.05) is 31.2 Å². The lowest BCUT2D eigenvalue weighted by Gasteiger charge is -2.28. The first-order valence-corrected chi connectivity index (χ1v) is 11.6. The molecule has 1 aromatic heterocycles. The van der Waals surface area contributed by atoms with Crippen LogP contribution < -0.4 is 0 Å². The molecule has 168 valence electrons. The summed E-state index contributed by atoms with van der Waals surface area (Å²) in [5, 5.41) is 0. The molecule has 1 aromatic carbocycles. The van der Waals surface area contributed by atoms with E-state index >= 15 is 0 Å². The fourth-order valence-electron chi connectivity index (χ4n) is 5.20. The maximum atomic E-state index is 13.7. The van der Waals surface area contributed by atoms with Gasteiger partial charge in [0.15, 0.2) is 0 Å². The van der Waals surface area contributed by atoms with Gasteiger partial charge in [-0.25, -0.2) is 4.98 Å². The maximum absolute atomic E-state index is 13.7. The molecule has 2 aromatic rings. The summed E-state index contributed by atoms with van der Waals surface area (Å²) in [5.41, 5.74) is 3.34. The number of hydrogen-bond donors (Lipinski definition) is 0. The number of aryl methyl sites for hydroxylation is 1. The van der Waals surface area contributed by atoms with Gasteiger partial charge in [0.05, 0.1) is 24.0 Å². The van der Waals surface area contributed by atoms with Crippen LogP contribution in [0.25, 0.3) is 0 Å². The Morgan fingerprint density at radius 1 is 1.23 bits per heavy atom. The van der Waals surface area contributed by atoms with Crippen molar-refractivity contribution >= 4 is 5.91 Å². The number of ether oxygens (including phenoxy) is 1. The van der Waals surface area contributed by atoms with Crippen molar-refractivity contribution in [2.75, 3.05) is 39.9 Å². The fraction of sp³-hybridized carbons (Fsp3) is 0.600. The average Bonchev–Trinajstić information content (AvgIpc) is 3.47. The van der Waals surface area contributed by atoms with Gasteiger partial charge in [-0.15, -0.1) is 0 Å². The third-order valence-electron chi connectivity index (χ3n) is 7.13. The van der Waals surface area contributed by atoms with Crippen molar-refractivity contribution in [1.82, 2.24) is 19.4 Å². The van der Waals surface area contributed by atoms with E-state index in [9.17, 15) is 4.79 Å². The van der Waals surface area contributed by atoms with Crippen LogP contribution in [0.5, 0.6) is 0 Å². The highest BCUT2D eigenvalue weighted by Gasteiger charge is 2.57. The first kappa shape index (κ1) is 22.0. The highest BCUT2D eigenvalue weighted by Crippen LogP contribution is 2.49. The van der Waals surface area contributed by atoms with Crippen molar-refractivity contribution in [3.8, 4) is 0 Å². The van der Waals surface area contributed by atoms with Crippen LogP contribution in [0.2, 0.25) is 0 Å². The molecule has 2 fully saturated rings. The third-order valence-corrected chi connectivity index (χ3v) is 7.13. The van der Waals surface area contributed by atoms with E-state index in [1.54, 1.807) is 7.11 Å². The number of likely N-dealkylation sites (tertiary alicyclic amines) is 2. The van der Waals surface area contributed by atoms with Crippen LogP contribution in [0.4, 0.5) is 0 Å². The summed E-state index contributed by atoms with van der Waals surface area (Å²) >= 11 is 0. The standard InChI is InChI=1S/C25H36N4O2/c1-5-20-6-8-21(9-7-20)14-27-15-22(23-16-29(18-26-23)19(2)3)25(17-27)10-11-28(24(25)30)12-13-31-4/h6-9,16,18-19,22H,5,10-15,17H2,1-4H3/t22-,25-/m0/s1. The Hall–Kier alpha value is -2.18. The van der Waals surface area contributed by atoms with Gasteiger partial charge in [0.2, 0.25) is 5.91 Å². The van der Waals surface area contributed by atoms with Crippen molar-refractivity contribution in [3.63, 3.8) is 0 Å². The molecule has 2 aliphatic heterocycles. The van der Waals surface area contributed by atoms with E-state index in [1.165, 1.54) is 11.1 Å². The van der Waals surface area contributed by atoms with Crippen molar-refractivity contribution in [2.45, 2.75) is 52.1 Å². The number of imidazole rings is 1. The van der Waals surface area contributed by atoms with Crippen molar-refractivity contribution in [2.24, 2.45) is 5.41 Å². The number of carbonyl (C=O) groups excluding carboxylic acids is 1. The molecule has 1 amide bonds. The van der Waals surface area contributed by atoms with E-state index in [0.717, 1.165) is 44.7 Å². The molecule has 0 unspecified atom stereocenters. The normalized spacial score (nSPS) is 24.2. The highest BCUT2D eigenvalue weighted by atomic mass is 16.5. The molecule has 2 saturated heterocycles. The number of benzene rings is 1. The SMILES string of the molecule is CCc1ccc(CN2C[C@@H](c3cn(C(C)C)cn3)[C@]3(CCN(CCOC)C3=O)C2)cc1. The van der Waals surface area contributed by atoms with E-state index in [2.05, 4.69) is 60.7 Å². The summed E-state index contributed by atoms with van der Waals surface area (Å²) in [6.07, 6.45) is 6.02. The summed E-state index contributed by atoms with van der Waals surface area (Å²) in [6, 6.07) is 9.26. The van der Waals surface area contributed by atoms with Crippen molar-refractivity contribution in [1.29, 1.82) is 0 Å². The number of rotatable bonds is 8. The van der Waals surface area contributed by atoms with Crippen LogP contribution in [-0.2, 0) is 22.5 Å². The molecule has 0 bridgehead atoms. The zero-order valence-corrected chi connectivity index (χ0v) is 19.4. The van der Waals surface area contributed by atoms with E-state index in [4.69, 9.17) is 9.72 Å². The number of amides is 1. The van der Waals surface area contributed by atoms with E-state index in [0.29, 0.717) is 19.2 Å². The van der Waals surface area contributed by atoms with Crippen LogP contribution in [0.15, 0.2) is 36.8 Å². The molecule has 1 spiro atoms. The van der Waals surface area contributed by atoms with Gasteiger partial charge in [-0.2, -0.15) is 0 Å². The molecule has 2 aliphatic rings. The molecule has 4 rings (SSSR count). The number of methoxy groups -OCH3 is 1. The van der Waals surface area contributed by atoms with Crippen LogP contribution in [0.1, 0.15) is 56.0 Å². The quantitative estimate of drug-likeness (QED) is 0.651. The topological polar surface area (TPSA) is 50.6 Å². The summed E-state index contributed by atoms with van der Waals surface area (Å²) in [5.74, 6) is 0.403. The molecule has 0 saturated carbocycles. The Morgan fingerprint density at radius 2 is 1.97 bits per heavy atom. The minimum absolute atomic E-state index is 0.127. The lowest BCUT2D eigenvalue weighted by molar-refractivity contribution is -0.136. The maximum Gasteiger partial charge on any atom is 0.230 e. The van der Waals surface area contributed by atoms with Gasteiger partial charge in [0.1, 0.15) is 0 Å². The molecule has 3 heterocycles. The smallest absolute Gasteiger partial charge is 0.230 e. The Labute approximate surface area is 186 Å². The van der Waals surface area contributed by atoms with Crippen molar-refractivity contribution in [3.05, 3.63) is 53.6 Å². The van der Waals surface area contributed by atoms with Crippen LogP contribution >= 0.6 is 0 Å². The minimum atomic E-state index is -0.382. The summed E-state index contributed by atoms with van der Waals surface area (Å²) in [6.45, 7) is 11.1. The number of hydrogen-bond acceptors (Lipinski definition) is 4. The average molecular weight is 425 g/mol. The second kappa shape index (κ2) is 9.13. The predicted molar refractivity (Wildman–Crippen MR) is 122 cm³/mol. The molecule has 31 heavy (non-hydrogen) atoms. The summed E-state index contributed by atoms with van der Waals surface area (Å²) in [4.78, 5) is 22.9. The molecule has 0 N–H and O–H groups in total. The monoisotopic (exact) mass is 424 g/mol. The molecular formula is C25H36N4O2. The Kier molecular flexibility index (Phi) is 6.49. The zero-order valence-electron chi connectivity index (χ0n) is 19.4. The van der Waals surface area contributed by atoms with Crippen molar-refractivity contribution < 1.29 is 9.53 Å².